The van der Waals surface area contributed by atoms with Crippen LogP contribution in [0.25, 0.3) is 17.0 Å². The van der Waals surface area contributed by atoms with E-state index >= 15 is 0 Å². The number of hydrogen-bond donors (Lipinski definition) is 0. The summed E-state index contributed by atoms with van der Waals surface area (Å²) in [7, 11) is 3.12. The number of benzene rings is 1. The molecule has 108 valence electrons. The zero-order chi connectivity index (χ0) is 15.0. The summed E-state index contributed by atoms with van der Waals surface area (Å²) < 4.78 is 12.2. The van der Waals surface area contributed by atoms with Crippen molar-refractivity contribution in [3.8, 4) is 23.0 Å². The fraction of sp³-hybridized carbons (Fsp3) is 0.143. The van der Waals surface area contributed by atoms with Crippen molar-refractivity contribution in [2.24, 2.45) is 0 Å². The van der Waals surface area contributed by atoms with Gasteiger partial charge in [0.05, 0.1) is 36.0 Å². The first kappa shape index (κ1) is 14.0. The fourth-order valence-corrected chi connectivity index (χ4v) is 2.27. The standard InChI is InChI=1S/C14H11Cl2N3O2/c1-20-12-6-13(21-2)19-7-11(17-14(19)18-12)8-3-4-9(15)10(16)5-8/h3-7H,1-2H3. The Labute approximate surface area is 131 Å². The van der Waals surface area contributed by atoms with Crippen molar-refractivity contribution in [2.75, 3.05) is 14.2 Å². The quantitative estimate of drug-likeness (QED) is 0.737. The van der Waals surface area contributed by atoms with Gasteiger partial charge in [-0.25, -0.2) is 4.98 Å². The van der Waals surface area contributed by atoms with E-state index in [0.717, 1.165) is 5.56 Å². The van der Waals surface area contributed by atoms with Crippen molar-refractivity contribution < 1.29 is 9.47 Å². The zero-order valence-electron chi connectivity index (χ0n) is 11.3. The van der Waals surface area contributed by atoms with E-state index in [2.05, 4.69) is 9.97 Å². The Morgan fingerprint density at radius 2 is 1.81 bits per heavy atom. The van der Waals surface area contributed by atoms with E-state index in [9.17, 15) is 0 Å². The van der Waals surface area contributed by atoms with Crippen LogP contribution in [0.15, 0.2) is 30.5 Å². The minimum absolute atomic E-state index is 0.436. The summed E-state index contributed by atoms with van der Waals surface area (Å²) in [4.78, 5) is 8.74. The molecule has 0 aliphatic rings. The van der Waals surface area contributed by atoms with Crippen molar-refractivity contribution in [3.05, 3.63) is 40.5 Å². The lowest BCUT2D eigenvalue weighted by Gasteiger charge is -2.04. The number of halogens is 2. The monoisotopic (exact) mass is 323 g/mol. The van der Waals surface area contributed by atoms with Crippen LogP contribution in [0, 0.1) is 0 Å². The summed E-state index contributed by atoms with van der Waals surface area (Å²) in [6, 6.07) is 7.02. The Balaban J connectivity index is 2.18. The van der Waals surface area contributed by atoms with Gasteiger partial charge in [-0.05, 0) is 12.1 Å². The summed E-state index contributed by atoms with van der Waals surface area (Å²) in [6.45, 7) is 0. The van der Waals surface area contributed by atoms with Crippen molar-refractivity contribution in [1.29, 1.82) is 0 Å². The largest absolute Gasteiger partial charge is 0.482 e. The number of aromatic nitrogens is 3. The highest BCUT2D eigenvalue weighted by atomic mass is 35.5. The first-order valence-corrected chi connectivity index (χ1v) is 6.81. The molecule has 0 fully saturated rings. The molecular formula is C14H11Cl2N3O2. The molecule has 0 aliphatic carbocycles. The number of methoxy groups -OCH3 is 2. The van der Waals surface area contributed by atoms with Gasteiger partial charge in [0.1, 0.15) is 0 Å². The van der Waals surface area contributed by atoms with Crippen LogP contribution in [0.4, 0.5) is 0 Å². The van der Waals surface area contributed by atoms with Gasteiger partial charge in [-0.1, -0.05) is 29.3 Å². The maximum Gasteiger partial charge on any atom is 0.240 e. The topological polar surface area (TPSA) is 48.7 Å². The molecule has 2 heterocycles. The smallest absolute Gasteiger partial charge is 0.240 e. The van der Waals surface area contributed by atoms with Crippen molar-refractivity contribution >= 4 is 29.0 Å². The van der Waals surface area contributed by atoms with Crippen LogP contribution in [0.2, 0.25) is 10.0 Å². The second-order valence-electron chi connectivity index (χ2n) is 4.27. The highest BCUT2D eigenvalue weighted by Crippen LogP contribution is 2.29. The van der Waals surface area contributed by atoms with Crippen LogP contribution >= 0.6 is 23.2 Å². The summed E-state index contributed by atoms with van der Waals surface area (Å²) in [5, 5.41) is 0.977. The molecule has 0 unspecified atom stereocenters. The fourth-order valence-electron chi connectivity index (χ4n) is 1.97. The number of ether oxygens (including phenoxy) is 2. The molecule has 0 saturated carbocycles. The van der Waals surface area contributed by atoms with Crippen LogP contribution < -0.4 is 9.47 Å². The van der Waals surface area contributed by atoms with Crippen LogP contribution in [0.1, 0.15) is 0 Å². The average molecular weight is 324 g/mol. The first-order valence-electron chi connectivity index (χ1n) is 6.06. The lowest BCUT2D eigenvalue weighted by molar-refractivity contribution is 0.369. The zero-order valence-corrected chi connectivity index (χ0v) is 12.8. The Morgan fingerprint density at radius 3 is 2.48 bits per heavy atom. The summed E-state index contributed by atoms with van der Waals surface area (Å²) in [5.41, 5.74) is 1.56. The van der Waals surface area contributed by atoms with Crippen LogP contribution in [-0.2, 0) is 0 Å². The lowest BCUT2D eigenvalue weighted by atomic mass is 10.2. The molecule has 0 saturated heterocycles. The highest BCUT2D eigenvalue weighted by molar-refractivity contribution is 6.42. The molecule has 1 aromatic carbocycles. The lowest BCUT2D eigenvalue weighted by Crippen LogP contribution is -1.97. The van der Waals surface area contributed by atoms with Gasteiger partial charge >= 0.3 is 0 Å². The average Bonchev–Trinajstić information content (AvgIpc) is 2.92. The van der Waals surface area contributed by atoms with E-state index in [4.69, 9.17) is 32.7 Å². The maximum atomic E-state index is 6.04. The number of imidazole rings is 1. The molecule has 0 atom stereocenters. The van der Waals surface area contributed by atoms with Crippen molar-refractivity contribution in [1.82, 2.24) is 14.4 Å². The van der Waals surface area contributed by atoms with E-state index in [1.807, 2.05) is 12.3 Å². The molecule has 7 heteroatoms. The third-order valence-electron chi connectivity index (χ3n) is 3.02. The van der Waals surface area contributed by atoms with E-state index < -0.39 is 0 Å². The SMILES string of the molecule is COc1cc(OC)n2cc(-c3ccc(Cl)c(Cl)c3)nc2n1. The molecule has 0 bridgehead atoms. The predicted molar refractivity (Wildman–Crippen MR) is 81.5 cm³/mol. The third-order valence-corrected chi connectivity index (χ3v) is 3.75. The number of rotatable bonds is 3. The van der Waals surface area contributed by atoms with Crippen LogP contribution in [0.3, 0.4) is 0 Å². The van der Waals surface area contributed by atoms with Crippen molar-refractivity contribution in [2.45, 2.75) is 0 Å². The van der Waals surface area contributed by atoms with E-state index in [0.29, 0.717) is 33.3 Å². The van der Waals surface area contributed by atoms with Crippen LogP contribution in [-0.4, -0.2) is 28.6 Å². The van der Waals surface area contributed by atoms with E-state index in [1.165, 1.54) is 0 Å². The van der Waals surface area contributed by atoms with Gasteiger partial charge in [-0.3, -0.25) is 4.40 Å². The van der Waals surface area contributed by atoms with Gasteiger partial charge < -0.3 is 9.47 Å². The normalized spacial score (nSPS) is 10.9. The molecule has 0 spiro atoms. The Bertz CT molecular complexity index is 817. The summed E-state index contributed by atoms with van der Waals surface area (Å²) in [6.07, 6.45) is 1.82. The Morgan fingerprint density at radius 1 is 1.00 bits per heavy atom. The molecule has 3 aromatic rings. The highest BCUT2D eigenvalue weighted by Gasteiger charge is 2.12. The van der Waals surface area contributed by atoms with Gasteiger partial charge in [0, 0.05) is 11.8 Å². The Hall–Kier alpha value is -1.98. The van der Waals surface area contributed by atoms with Gasteiger partial charge in [-0.2, -0.15) is 4.98 Å². The summed E-state index contributed by atoms with van der Waals surface area (Å²) >= 11 is 12.0. The molecule has 21 heavy (non-hydrogen) atoms. The molecule has 5 nitrogen and oxygen atoms in total. The molecule has 2 aromatic heterocycles. The van der Waals surface area contributed by atoms with E-state index in [1.54, 1.807) is 36.8 Å². The molecule has 0 aliphatic heterocycles. The van der Waals surface area contributed by atoms with Crippen molar-refractivity contribution in [3.63, 3.8) is 0 Å². The number of nitrogens with zero attached hydrogens (tertiary/aromatic N) is 3. The minimum Gasteiger partial charge on any atom is -0.482 e. The minimum atomic E-state index is 0.436. The predicted octanol–water partition coefficient (Wildman–Crippen LogP) is 3.72. The Kier molecular flexibility index (Phi) is 3.61. The third kappa shape index (κ3) is 2.50. The molecular weight excluding hydrogens is 313 g/mol. The molecule has 0 N–H and O–H groups in total. The second kappa shape index (κ2) is 5.42. The van der Waals surface area contributed by atoms with Gasteiger partial charge in [0.15, 0.2) is 0 Å². The maximum absolute atomic E-state index is 6.04. The van der Waals surface area contributed by atoms with E-state index in [-0.39, 0.29) is 0 Å². The second-order valence-corrected chi connectivity index (χ2v) is 5.08. The first-order chi connectivity index (χ1) is 10.1. The number of hydrogen-bond acceptors (Lipinski definition) is 4. The molecule has 0 radical (unpaired) electrons. The van der Waals surface area contributed by atoms with Gasteiger partial charge in [0.25, 0.3) is 0 Å². The van der Waals surface area contributed by atoms with Gasteiger partial charge in [-0.15, -0.1) is 0 Å². The summed E-state index contributed by atoms with van der Waals surface area (Å²) in [5.74, 6) is 1.49. The van der Waals surface area contributed by atoms with Gasteiger partial charge in [0.2, 0.25) is 17.5 Å². The molecule has 0 amide bonds. The molecule has 3 rings (SSSR count). The van der Waals surface area contributed by atoms with Crippen LogP contribution in [0.5, 0.6) is 11.8 Å². The number of fused-ring (bicyclic) bond motifs is 1.